The number of aliphatic hydroxyl groups excluding tert-OH is 1. The number of pyridine rings is 1. The fraction of sp³-hybridized carbons (Fsp3) is 0.324. The summed E-state index contributed by atoms with van der Waals surface area (Å²) in [5.74, 6) is 0.720. The van der Waals surface area contributed by atoms with E-state index in [-0.39, 0.29) is 54.5 Å². The Kier molecular flexibility index (Phi) is 12.3. The van der Waals surface area contributed by atoms with Gasteiger partial charge >= 0.3 is 0 Å². The molecule has 43 heavy (non-hydrogen) atoms. The smallest absolute Gasteiger partial charge is 0.130 e. The first-order chi connectivity index (χ1) is 19.1. The average molecular weight is 656 g/mol. The second-order valence-electron chi connectivity index (χ2n) is 11.0. The van der Waals surface area contributed by atoms with Crippen LogP contribution in [-0.2, 0) is 6.42 Å². The Morgan fingerprint density at radius 2 is 1.65 bits per heavy atom. The highest BCUT2D eigenvalue weighted by atomic mass is 35.5. The predicted octanol–water partition coefficient (Wildman–Crippen LogP) is 7.08. The van der Waals surface area contributed by atoms with Gasteiger partial charge in [-0.3, -0.25) is 9.88 Å². The van der Waals surface area contributed by atoms with E-state index in [1.54, 1.807) is 6.20 Å². The Morgan fingerprint density at radius 1 is 0.884 bits per heavy atom. The molecular weight excluding hydrogens is 614 g/mol. The SMILES string of the molecule is C.O[C@H](COc1ccnc2cc(Cl)ccc12)CN1C[C@@H]2C/C=C\C[C@H]1CN2c1ccc2c(c1)Cc1ccccc1-2.S.S.S. The lowest BCUT2D eigenvalue weighted by Gasteiger charge is -2.49. The molecule has 0 saturated carbocycles. The third-order valence-corrected chi connectivity index (χ3v) is 8.68. The molecule has 3 aromatic carbocycles. The van der Waals surface area contributed by atoms with Gasteiger partial charge in [0.2, 0.25) is 0 Å². The first kappa shape index (κ1) is 35.2. The van der Waals surface area contributed by atoms with Crippen molar-refractivity contribution in [3.63, 3.8) is 0 Å². The van der Waals surface area contributed by atoms with E-state index < -0.39 is 6.10 Å². The lowest BCUT2D eigenvalue weighted by Crippen LogP contribution is -2.60. The van der Waals surface area contributed by atoms with Crippen LogP contribution in [0.1, 0.15) is 31.4 Å². The molecule has 1 N–H and O–H groups in total. The molecule has 230 valence electrons. The van der Waals surface area contributed by atoms with E-state index in [0.29, 0.717) is 23.7 Å². The van der Waals surface area contributed by atoms with E-state index >= 15 is 0 Å². The van der Waals surface area contributed by atoms with Gasteiger partial charge in [-0.2, -0.15) is 40.5 Å². The zero-order valence-electron chi connectivity index (χ0n) is 23.3. The van der Waals surface area contributed by atoms with Crippen molar-refractivity contribution in [2.75, 3.05) is 31.1 Å². The molecule has 4 heterocycles. The number of rotatable bonds is 6. The normalized spacial score (nSPS) is 19.7. The van der Waals surface area contributed by atoms with Crippen molar-refractivity contribution in [3.8, 4) is 16.9 Å². The van der Waals surface area contributed by atoms with Crippen molar-refractivity contribution in [1.82, 2.24) is 9.88 Å². The number of aromatic nitrogens is 1. The zero-order chi connectivity index (χ0) is 26.3. The highest BCUT2D eigenvalue weighted by Gasteiger charge is 2.35. The summed E-state index contributed by atoms with van der Waals surface area (Å²) in [5, 5.41) is 12.6. The van der Waals surface area contributed by atoms with Gasteiger partial charge in [-0.25, -0.2) is 0 Å². The molecule has 0 unspecified atom stereocenters. The van der Waals surface area contributed by atoms with E-state index in [4.69, 9.17) is 16.3 Å². The van der Waals surface area contributed by atoms with Crippen molar-refractivity contribution >= 4 is 68.7 Å². The molecule has 8 rings (SSSR count). The number of fused-ring (bicyclic) bond motifs is 8. The molecule has 0 spiro atoms. The van der Waals surface area contributed by atoms with Gasteiger partial charge in [-0.05, 0) is 77.9 Å². The quantitative estimate of drug-likeness (QED) is 0.198. The molecule has 0 amide bonds. The van der Waals surface area contributed by atoms with Crippen LogP contribution in [0.3, 0.4) is 0 Å². The molecule has 0 radical (unpaired) electrons. The molecule has 1 fully saturated rings. The number of anilines is 1. The number of ether oxygens (including phenoxy) is 1. The fourth-order valence-corrected chi connectivity index (χ4v) is 6.69. The standard InChI is InChI=1S/C33H32ClN3O2.CH4.3H2S/c34-24-9-11-31-32(17-24)35-14-13-33(31)39-21-28(38)20-36-18-27-7-3-2-6-26(36)19-37(27)25-10-12-30-23(16-25)15-22-5-1-4-8-29(22)30;;;;/h1-5,8-14,16-17,26-28,38H,6-7,15,18-21H2;1H4;3*1H2/b3-2-;;;;/t26-,27-,28-;;;;/m0..../s1. The third-order valence-electron chi connectivity index (χ3n) is 8.44. The minimum atomic E-state index is -0.586. The maximum absolute atomic E-state index is 11.0. The number of piperazine rings is 1. The first-order valence-corrected chi connectivity index (χ1v) is 14.2. The Balaban J connectivity index is 0.00000127. The van der Waals surface area contributed by atoms with Crippen molar-refractivity contribution in [1.29, 1.82) is 0 Å². The number of halogens is 1. The number of nitrogens with zero attached hydrogens (tertiary/aromatic N) is 3. The molecular formula is C34H42ClN3O2S3. The largest absolute Gasteiger partial charge is 0.490 e. The molecule has 3 aliphatic heterocycles. The van der Waals surface area contributed by atoms with Crippen LogP contribution in [0.15, 0.2) is 85.1 Å². The summed E-state index contributed by atoms with van der Waals surface area (Å²) >= 11 is 6.12. The summed E-state index contributed by atoms with van der Waals surface area (Å²) in [6, 6.07) is 23.9. The molecule has 1 aromatic heterocycles. The van der Waals surface area contributed by atoms with Crippen LogP contribution in [0, 0.1) is 0 Å². The minimum absolute atomic E-state index is 0. The second-order valence-corrected chi connectivity index (χ2v) is 11.4. The van der Waals surface area contributed by atoms with E-state index in [0.717, 1.165) is 49.0 Å². The Morgan fingerprint density at radius 3 is 2.49 bits per heavy atom. The maximum atomic E-state index is 11.0. The van der Waals surface area contributed by atoms with E-state index in [1.165, 1.54) is 27.9 Å². The molecule has 2 bridgehead atoms. The van der Waals surface area contributed by atoms with Crippen LogP contribution < -0.4 is 9.64 Å². The molecule has 4 aliphatic rings. The Bertz CT molecular complexity index is 1570. The van der Waals surface area contributed by atoms with Gasteiger partial charge in [0.05, 0.1) is 5.52 Å². The third kappa shape index (κ3) is 7.16. The van der Waals surface area contributed by atoms with Crippen LogP contribution in [0.2, 0.25) is 5.02 Å². The Hall–Kier alpha value is -2.33. The van der Waals surface area contributed by atoms with Crippen LogP contribution in [0.4, 0.5) is 5.69 Å². The van der Waals surface area contributed by atoms with Crippen LogP contribution in [-0.4, -0.2) is 59.4 Å². The van der Waals surface area contributed by atoms with Crippen molar-refractivity contribution in [3.05, 3.63) is 101 Å². The van der Waals surface area contributed by atoms with Crippen molar-refractivity contribution in [2.45, 2.75) is 44.9 Å². The van der Waals surface area contributed by atoms with E-state index in [2.05, 4.69) is 69.4 Å². The molecule has 9 heteroatoms. The van der Waals surface area contributed by atoms with Gasteiger partial charge < -0.3 is 14.7 Å². The van der Waals surface area contributed by atoms with Crippen LogP contribution >= 0.6 is 52.1 Å². The summed E-state index contributed by atoms with van der Waals surface area (Å²) in [6.45, 7) is 2.72. The lowest BCUT2D eigenvalue weighted by molar-refractivity contribution is 0.0408. The Labute approximate surface area is 281 Å². The summed E-state index contributed by atoms with van der Waals surface area (Å²) in [5.41, 5.74) is 7.71. The number of hydrogen-bond donors (Lipinski definition) is 1. The van der Waals surface area contributed by atoms with Gasteiger partial charge in [-0.15, -0.1) is 0 Å². The van der Waals surface area contributed by atoms with Gasteiger partial charge in [0.15, 0.2) is 0 Å². The summed E-state index contributed by atoms with van der Waals surface area (Å²) in [6.07, 6.45) is 8.80. The number of aliphatic hydroxyl groups is 1. The summed E-state index contributed by atoms with van der Waals surface area (Å²) < 4.78 is 6.07. The molecule has 5 nitrogen and oxygen atoms in total. The maximum Gasteiger partial charge on any atom is 0.130 e. The van der Waals surface area contributed by atoms with Crippen molar-refractivity contribution in [2.24, 2.45) is 0 Å². The highest BCUT2D eigenvalue weighted by Crippen LogP contribution is 2.39. The van der Waals surface area contributed by atoms with Gasteiger partial charge in [0.25, 0.3) is 0 Å². The minimum Gasteiger partial charge on any atom is -0.490 e. The van der Waals surface area contributed by atoms with Gasteiger partial charge in [0.1, 0.15) is 18.5 Å². The monoisotopic (exact) mass is 655 g/mol. The second kappa shape index (κ2) is 15.1. The fourth-order valence-electron chi connectivity index (χ4n) is 6.52. The van der Waals surface area contributed by atoms with Gasteiger partial charge in [-0.1, -0.05) is 61.5 Å². The molecule has 1 saturated heterocycles. The lowest BCUT2D eigenvalue weighted by atomic mass is 9.95. The summed E-state index contributed by atoms with van der Waals surface area (Å²) in [4.78, 5) is 9.45. The number of hydrogen-bond acceptors (Lipinski definition) is 5. The molecule has 4 aromatic rings. The zero-order valence-corrected chi connectivity index (χ0v) is 27.1. The van der Waals surface area contributed by atoms with Crippen LogP contribution in [0.5, 0.6) is 5.75 Å². The van der Waals surface area contributed by atoms with E-state index in [9.17, 15) is 5.11 Å². The predicted molar refractivity (Wildman–Crippen MR) is 196 cm³/mol. The highest BCUT2D eigenvalue weighted by molar-refractivity contribution is 7.59. The van der Waals surface area contributed by atoms with Crippen molar-refractivity contribution < 1.29 is 9.84 Å². The number of benzene rings is 3. The van der Waals surface area contributed by atoms with E-state index in [1.807, 2.05) is 24.3 Å². The van der Waals surface area contributed by atoms with Crippen LogP contribution in [0.25, 0.3) is 22.0 Å². The average Bonchev–Trinajstić information content (AvgIpc) is 3.30. The summed E-state index contributed by atoms with van der Waals surface area (Å²) in [7, 11) is 0. The molecule has 3 atom stereocenters. The topological polar surface area (TPSA) is 48.8 Å². The van der Waals surface area contributed by atoms with Gasteiger partial charge in [0, 0.05) is 54.0 Å². The molecule has 1 aliphatic carbocycles. The first-order valence-electron chi connectivity index (χ1n) is 13.8.